The maximum Gasteiger partial charge on any atom is 0.246 e. The standard InChI is InChI=1S/C32H43ClN4O4/c1-20-9-7-12-24(21(20)2)35-30(39)28-32-14-13-25(41-32)26(29(38)34-23-11-8-10-22(33)19-23)27(32)31(40)37(28)18-17-36-15-5-3-4-6-16-36/h8,10-11,13-14,19-21,24-28H,3-7,9,12,15-18H2,1-2H3,(H,34,38)(H,35,39)/t20-,21-,24+,25+,26+,27+,28+,32+/m1/s1. The van der Waals surface area contributed by atoms with Crippen LogP contribution in [-0.2, 0) is 19.1 Å². The highest BCUT2D eigenvalue weighted by Gasteiger charge is 2.72. The smallest absolute Gasteiger partial charge is 0.246 e. The minimum absolute atomic E-state index is 0.0637. The van der Waals surface area contributed by atoms with Crippen LogP contribution in [0.2, 0.25) is 5.02 Å². The summed E-state index contributed by atoms with van der Waals surface area (Å²) in [6, 6.07) is 6.24. The van der Waals surface area contributed by atoms with Gasteiger partial charge in [-0.25, -0.2) is 0 Å². The van der Waals surface area contributed by atoms with Gasteiger partial charge >= 0.3 is 0 Å². The lowest BCUT2D eigenvalue weighted by Crippen LogP contribution is -2.58. The Morgan fingerprint density at radius 1 is 1.05 bits per heavy atom. The van der Waals surface area contributed by atoms with Crippen LogP contribution in [0, 0.1) is 23.7 Å². The van der Waals surface area contributed by atoms with Gasteiger partial charge in [-0.2, -0.15) is 0 Å². The summed E-state index contributed by atoms with van der Waals surface area (Å²) >= 11 is 6.15. The fraction of sp³-hybridized carbons (Fsp3) is 0.656. The maximum atomic E-state index is 14.3. The van der Waals surface area contributed by atoms with E-state index in [9.17, 15) is 14.4 Å². The van der Waals surface area contributed by atoms with Crippen LogP contribution >= 0.6 is 11.6 Å². The molecule has 1 spiro atoms. The topological polar surface area (TPSA) is 91.0 Å². The Hall–Kier alpha value is -2.42. The molecule has 1 aliphatic carbocycles. The Bertz CT molecular complexity index is 1200. The van der Waals surface area contributed by atoms with Gasteiger partial charge in [0.05, 0.1) is 17.9 Å². The van der Waals surface area contributed by atoms with Crippen molar-refractivity contribution in [1.82, 2.24) is 15.1 Å². The van der Waals surface area contributed by atoms with Crippen LogP contribution in [0.5, 0.6) is 0 Å². The number of hydrogen-bond acceptors (Lipinski definition) is 5. The van der Waals surface area contributed by atoms with E-state index in [4.69, 9.17) is 16.3 Å². The van der Waals surface area contributed by atoms with Crippen molar-refractivity contribution in [3.8, 4) is 0 Å². The van der Waals surface area contributed by atoms with Gasteiger partial charge in [0.2, 0.25) is 17.7 Å². The van der Waals surface area contributed by atoms with Gasteiger partial charge in [-0.15, -0.1) is 0 Å². The van der Waals surface area contributed by atoms with E-state index in [0.717, 1.165) is 38.8 Å². The molecule has 1 aromatic carbocycles. The lowest BCUT2D eigenvalue weighted by atomic mass is 9.73. The molecule has 1 saturated carbocycles. The molecule has 0 unspecified atom stereocenters. The van der Waals surface area contributed by atoms with E-state index in [2.05, 4.69) is 29.4 Å². The molecule has 3 amide bonds. The van der Waals surface area contributed by atoms with Crippen LogP contribution in [0.3, 0.4) is 0 Å². The second kappa shape index (κ2) is 11.7. The fourth-order valence-electron chi connectivity index (χ4n) is 7.96. The average Bonchev–Trinajstić information content (AvgIpc) is 3.49. The number of likely N-dealkylation sites (tertiary alicyclic amines) is 2. The quantitative estimate of drug-likeness (QED) is 0.469. The van der Waals surface area contributed by atoms with Crippen LogP contribution in [0.25, 0.3) is 0 Å². The van der Waals surface area contributed by atoms with Crippen LogP contribution < -0.4 is 10.6 Å². The third kappa shape index (κ3) is 5.32. The number of nitrogens with one attached hydrogen (secondary N) is 2. The van der Waals surface area contributed by atoms with Gasteiger partial charge in [0.25, 0.3) is 0 Å². The minimum atomic E-state index is -1.15. The zero-order chi connectivity index (χ0) is 28.7. The molecule has 8 atom stereocenters. The van der Waals surface area contributed by atoms with Crippen molar-refractivity contribution >= 4 is 35.0 Å². The van der Waals surface area contributed by atoms with Crippen molar-refractivity contribution in [1.29, 1.82) is 0 Å². The lowest BCUT2D eigenvalue weighted by Gasteiger charge is -2.38. The molecule has 0 aromatic heterocycles. The summed E-state index contributed by atoms with van der Waals surface area (Å²) in [5, 5.41) is 6.81. The number of amides is 3. The predicted molar refractivity (Wildman–Crippen MR) is 158 cm³/mol. The molecule has 4 aliphatic heterocycles. The van der Waals surface area contributed by atoms with E-state index in [0.29, 0.717) is 35.6 Å². The van der Waals surface area contributed by atoms with E-state index < -0.39 is 29.6 Å². The number of benzene rings is 1. The highest BCUT2D eigenvalue weighted by Crippen LogP contribution is 2.55. The molecule has 3 saturated heterocycles. The summed E-state index contributed by atoms with van der Waals surface area (Å²) in [6.45, 7) is 7.62. The van der Waals surface area contributed by atoms with Crippen molar-refractivity contribution in [3.63, 3.8) is 0 Å². The van der Waals surface area contributed by atoms with Crippen molar-refractivity contribution < 1.29 is 19.1 Å². The number of hydrogen-bond donors (Lipinski definition) is 2. The summed E-state index contributed by atoms with van der Waals surface area (Å²) in [5.74, 6) is -1.20. The Balaban J connectivity index is 1.27. The van der Waals surface area contributed by atoms with Crippen LogP contribution in [0.15, 0.2) is 36.4 Å². The van der Waals surface area contributed by atoms with Crippen molar-refractivity contribution in [3.05, 3.63) is 41.4 Å². The van der Waals surface area contributed by atoms with Gasteiger partial charge in [0.1, 0.15) is 11.6 Å². The highest BCUT2D eigenvalue weighted by molar-refractivity contribution is 6.30. The molecular weight excluding hydrogens is 540 g/mol. The molecule has 9 heteroatoms. The molecule has 8 nitrogen and oxygen atoms in total. The molecule has 0 radical (unpaired) electrons. The molecule has 4 fully saturated rings. The second-order valence-electron chi connectivity index (χ2n) is 12.9. The highest BCUT2D eigenvalue weighted by atomic mass is 35.5. The zero-order valence-electron chi connectivity index (χ0n) is 24.2. The van der Waals surface area contributed by atoms with Gasteiger partial charge in [-0.05, 0) is 62.4 Å². The van der Waals surface area contributed by atoms with Crippen molar-refractivity contribution in [2.45, 2.75) is 82.6 Å². The van der Waals surface area contributed by atoms with Gasteiger partial charge in [-0.3, -0.25) is 14.4 Å². The van der Waals surface area contributed by atoms with Crippen LogP contribution in [-0.4, -0.2) is 77.5 Å². The number of rotatable bonds is 7. The Morgan fingerprint density at radius 3 is 2.59 bits per heavy atom. The van der Waals surface area contributed by atoms with Crippen molar-refractivity contribution in [2.75, 3.05) is 31.5 Å². The van der Waals surface area contributed by atoms with E-state index >= 15 is 0 Å². The first-order chi connectivity index (χ1) is 19.8. The third-order valence-electron chi connectivity index (χ3n) is 10.4. The van der Waals surface area contributed by atoms with E-state index in [1.54, 1.807) is 29.2 Å². The molecule has 41 heavy (non-hydrogen) atoms. The minimum Gasteiger partial charge on any atom is -0.359 e. The largest absolute Gasteiger partial charge is 0.359 e. The third-order valence-corrected chi connectivity index (χ3v) is 10.6. The van der Waals surface area contributed by atoms with Crippen molar-refractivity contribution in [2.24, 2.45) is 23.7 Å². The summed E-state index contributed by atoms with van der Waals surface area (Å²) < 4.78 is 6.53. The molecule has 2 N–H and O–H groups in total. The van der Waals surface area contributed by atoms with Gasteiger partial charge in [-0.1, -0.05) is 69.4 Å². The predicted octanol–water partition coefficient (Wildman–Crippen LogP) is 4.25. The summed E-state index contributed by atoms with van der Waals surface area (Å²) in [4.78, 5) is 46.3. The summed E-state index contributed by atoms with van der Waals surface area (Å²) in [6.07, 6.45) is 11.2. The second-order valence-corrected chi connectivity index (χ2v) is 13.3. The van der Waals surface area contributed by atoms with Crippen LogP contribution in [0.1, 0.15) is 58.8 Å². The fourth-order valence-corrected chi connectivity index (χ4v) is 8.15. The Kier molecular flexibility index (Phi) is 8.18. The molecule has 6 rings (SSSR count). The first kappa shape index (κ1) is 28.7. The number of anilines is 1. The first-order valence-corrected chi connectivity index (χ1v) is 15.9. The molecule has 222 valence electrons. The Morgan fingerprint density at radius 2 is 1.83 bits per heavy atom. The number of nitrogens with zero attached hydrogens (tertiary/aromatic N) is 2. The number of fused-ring (bicyclic) bond motifs is 1. The maximum absolute atomic E-state index is 14.3. The van der Waals surface area contributed by atoms with E-state index in [1.165, 1.54) is 19.3 Å². The monoisotopic (exact) mass is 582 g/mol. The van der Waals surface area contributed by atoms with Gasteiger partial charge in [0, 0.05) is 29.8 Å². The first-order valence-electron chi connectivity index (χ1n) is 15.6. The molecular formula is C32H43ClN4O4. The summed E-state index contributed by atoms with van der Waals surface area (Å²) in [5.41, 5.74) is -0.578. The van der Waals surface area contributed by atoms with Gasteiger partial charge < -0.3 is 25.2 Å². The number of halogens is 1. The number of carbonyl (C=O) groups is 3. The van der Waals surface area contributed by atoms with Crippen LogP contribution in [0.4, 0.5) is 5.69 Å². The molecule has 1 aromatic rings. The Labute approximate surface area is 248 Å². The molecule has 4 heterocycles. The van der Waals surface area contributed by atoms with E-state index in [1.807, 2.05) is 12.2 Å². The molecule has 2 bridgehead atoms. The number of ether oxygens (including phenoxy) is 1. The number of carbonyl (C=O) groups excluding carboxylic acids is 3. The average molecular weight is 583 g/mol. The van der Waals surface area contributed by atoms with E-state index in [-0.39, 0.29) is 23.8 Å². The van der Waals surface area contributed by atoms with Gasteiger partial charge in [0.15, 0.2) is 0 Å². The SMILES string of the molecule is C[C@@H]1[C@H](C)CCC[C@@H]1NC(=O)[C@@H]1N(CCN2CCCCCC2)C(=O)[C@@H]2[C@@H](C(=O)Nc3cccc(Cl)c3)[C@@H]3C=C[C@]21O3. The normalized spacial score (nSPS) is 36.7. The summed E-state index contributed by atoms with van der Waals surface area (Å²) in [7, 11) is 0. The zero-order valence-corrected chi connectivity index (χ0v) is 24.9. The lowest BCUT2D eigenvalue weighted by molar-refractivity contribution is -0.141. The molecule has 5 aliphatic rings.